The summed E-state index contributed by atoms with van der Waals surface area (Å²) >= 11 is 0. The van der Waals surface area contributed by atoms with Crippen molar-refractivity contribution < 1.29 is 9.21 Å². The first-order valence-corrected chi connectivity index (χ1v) is 6.75. The van der Waals surface area contributed by atoms with Crippen molar-refractivity contribution in [1.82, 2.24) is 0 Å². The van der Waals surface area contributed by atoms with Gasteiger partial charge in [0.1, 0.15) is 5.76 Å². The molecule has 0 saturated carbocycles. The average Bonchev–Trinajstić information content (AvgIpc) is 3.04. The van der Waals surface area contributed by atoms with Crippen LogP contribution in [0.3, 0.4) is 0 Å². The molecule has 3 aromatic rings. The molecule has 2 aromatic carbocycles. The molecule has 1 N–H and O–H groups in total. The molecule has 0 fully saturated rings. The van der Waals surface area contributed by atoms with Gasteiger partial charge in [0.25, 0.3) is 5.91 Å². The number of carbonyl (C=O) groups excluding carboxylic acids is 1. The Morgan fingerprint density at radius 3 is 2.38 bits per heavy atom. The topological polar surface area (TPSA) is 42.2 Å². The van der Waals surface area contributed by atoms with Gasteiger partial charge in [0.2, 0.25) is 0 Å². The zero-order valence-electron chi connectivity index (χ0n) is 11.7. The van der Waals surface area contributed by atoms with Gasteiger partial charge < -0.3 is 9.73 Å². The van der Waals surface area contributed by atoms with Crippen LogP contribution in [0.2, 0.25) is 0 Å². The summed E-state index contributed by atoms with van der Waals surface area (Å²) in [6.07, 6.45) is 1.63. The standard InChI is InChI=1S/C18H15NO2/c1-13-5-2-3-6-16(13)19-18(20)15-10-8-14(9-11-15)17-7-4-12-21-17/h2-12H,1H3,(H,19,20). The predicted octanol–water partition coefficient (Wildman–Crippen LogP) is 4.51. The van der Waals surface area contributed by atoms with Crippen LogP contribution in [0.1, 0.15) is 15.9 Å². The third-order valence-corrected chi connectivity index (χ3v) is 3.35. The summed E-state index contributed by atoms with van der Waals surface area (Å²) in [6.45, 7) is 1.97. The highest BCUT2D eigenvalue weighted by molar-refractivity contribution is 6.04. The van der Waals surface area contributed by atoms with Gasteiger partial charge in [-0.05, 0) is 42.8 Å². The Kier molecular flexibility index (Phi) is 3.56. The molecule has 0 unspecified atom stereocenters. The van der Waals surface area contributed by atoms with E-state index in [0.29, 0.717) is 5.56 Å². The highest BCUT2D eigenvalue weighted by Crippen LogP contribution is 2.21. The zero-order chi connectivity index (χ0) is 14.7. The predicted molar refractivity (Wildman–Crippen MR) is 83.3 cm³/mol. The minimum absolute atomic E-state index is 0.115. The van der Waals surface area contributed by atoms with Crippen molar-refractivity contribution in [1.29, 1.82) is 0 Å². The largest absolute Gasteiger partial charge is 0.464 e. The maximum Gasteiger partial charge on any atom is 0.255 e. The van der Waals surface area contributed by atoms with Crippen LogP contribution in [0.5, 0.6) is 0 Å². The summed E-state index contributed by atoms with van der Waals surface area (Å²) in [4.78, 5) is 12.2. The van der Waals surface area contributed by atoms with Crippen LogP contribution in [-0.4, -0.2) is 5.91 Å². The second-order valence-electron chi connectivity index (χ2n) is 4.82. The first kappa shape index (κ1) is 13.2. The normalized spacial score (nSPS) is 10.3. The van der Waals surface area contributed by atoms with Crippen molar-refractivity contribution in [2.45, 2.75) is 6.92 Å². The highest BCUT2D eigenvalue weighted by atomic mass is 16.3. The van der Waals surface area contributed by atoms with E-state index in [0.717, 1.165) is 22.6 Å². The third-order valence-electron chi connectivity index (χ3n) is 3.35. The fourth-order valence-electron chi connectivity index (χ4n) is 2.14. The van der Waals surface area contributed by atoms with E-state index >= 15 is 0 Å². The number of aryl methyl sites for hydroxylation is 1. The molecule has 0 aliphatic rings. The summed E-state index contributed by atoms with van der Waals surface area (Å²) < 4.78 is 5.33. The Morgan fingerprint density at radius 2 is 1.71 bits per heavy atom. The van der Waals surface area contributed by atoms with E-state index in [9.17, 15) is 4.79 Å². The van der Waals surface area contributed by atoms with Crippen LogP contribution in [0, 0.1) is 6.92 Å². The van der Waals surface area contributed by atoms with Gasteiger partial charge in [-0.1, -0.05) is 30.3 Å². The first-order valence-electron chi connectivity index (χ1n) is 6.75. The summed E-state index contributed by atoms with van der Waals surface area (Å²) in [5.41, 5.74) is 3.44. The molecule has 3 rings (SSSR count). The molecule has 1 aromatic heterocycles. The van der Waals surface area contributed by atoms with Crippen molar-refractivity contribution in [3.63, 3.8) is 0 Å². The summed E-state index contributed by atoms with van der Waals surface area (Å²) in [6, 6.07) is 18.8. The SMILES string of the molecule is Cc1ccccc1NC(=O)c1ccc(-c2ccco2)cc1. The van der Waals surface area contributed by atoms with Crippen molar-refractivity contribution in [3.8, 4) is 11.3 Å². The molecule has 3 nitrogen and oxygen atoms in total. The van der Waals surface area contributed by atoms with E-state index in [2.05, 4.69) is 5.32 Å². The first-order chi connectivity index (χ1) is 10.2. The van der Waals surface area contributed by atoms with Gasteiger partial charge in [-0.25, -0.2) is 0 Å². The number of furan rings is 1. The number of hydrogen-bond donors (Lipinski definition) is 1. The quantitative estimate of drug-likeness (QED) is 0.765. The van der Waals surface area contributed by atoms with Gasteiger partial charge in [0.15, 0.2) is 0 Å². The second kappa shape index (κ2) is 5.67. The fraction of sp³-hybridized carbons (Fsp3) is 0.0556. The Morgan fingerprint density at radius 1 is 0.952 bits per heavy atom. The molecule has 21 heavy (non-hydrogen) atoms. The number of amides is 1. The van der Waals surface area contributed by atoms with E-state index < -0.39 is 0 Å². The smallest absolute Gasteiger partial charge is 0.255 e. The molecule has 0 aliphatic heterocycles. The molecular weight excluding hydrogens is 262 g/mol. The number of benzene rings is 2. The number of carbonyl (C=O) groups is 1. The van der Waals surface area contributed by atoms with Crippen LogP contribution in [0.25, 0.3) is 11.3 Å². The molecule has 3 heteroatoms. The summed E-state index contributed by atoms with van der Waals surface area (Å²) in [7, 11) is 0. The van der Waals surface area contributed by atoms with E-state index in [-0.39, 0.29) is 5.91 Å². The molecule has 0 atom stereocenters. The lowest BCUT2D eigenvalue weighted by molar-refractivity contribution is 0.102. The molecule has 1 heterocycles. The van der Waals surface area contributed by atoms with E-state index in [1.54, 1.807) is 18.4 Å². The Bertz CT molecular complexity index is 743. The number of para-hydroxylation sites is 1. The molecule has 0 aliphatic carbocycles. The summed E-state index contributed by atoms with van der Waals surface area (Å²) in [5, 5.41) is 2.92. The fourth-order valence-corrected chi connectivity index (χ4v) is 2.14. The molecular formula is C18H15NO2. The van der Waals surface area contributed by atoms with Crippen molar-refractivity contribution in [2.24, 2.45) is 0 Å². The van der Waals surface area contributed by atoms with E-state index in [4.69, 9.17) is 4.42 Å². The molecule has 0 saturated heterocycles. The third kappa shape index (κ3) is 2.87. The molecule has 0 radical (unpaired) electrons. The van der Waals surface area contributed by atoms with Gasteiger partial charge in [0.05, 0.1) is 6.26 Å². The van der Waals surface area contributed by atoms with Gasteiger partial charge in [-0.15, -0.1) is 0 Å². The lowest BCUT2D eigenvalue weighted by Gasteiger charge is -2.08. The number of anilines is 1. The number of hydrogen-bond acceptors (Lipinski definition) is 2. The van der Waals surface area contributed by atoms with Gasteiger partial charge in [0, 0.05) is 16.8 Å². The lowest BCUT2D eigenvalue weighted by Crippen LogP contribution is -2.12. The monoisotopic (exact) mass is 277 g/mol. The van der Waals surface area contributed by atoms with Crippen LogP contribution >= 0.6 is 0 Å². The van der Waals surface area contributed by atoms with Gasteiger partial charge in [-0.2, -0.15) is 0 Å². The number of rotatable bonds is 3. The maximum atomic E-state index is 12.2. The van der Waals surface area contributed by atoms with Crippen LogP contribution in [0.4, 0.5) is 5.69 Å². The second-order valence-corrected chi connectivity index (χ2v) is 4.82. The molecule has 0 spiro atoms. The molecule has 104 valence electrons. The lowest BCUT2D eigenvalue weighted by atomic mass is 10.1. The maximum absolute atomic E-state index is 12.2. The van der Waals surface area contributed by atoms with Gasteiger partial charge >= 0.3 is 0 Å². The van der Waals surface area contributed by atoms with E-state index in [1.807, 2.05) is 55.5 Å². The van der Waals surface area contributed by atoms with Crippen molar-refractivity contribution in [2.75, 3.05) is 5.32 Å². The number of nitrogens with one attached hydrogen (secondary N) is 1. The van der Waals surface area contributed by atoms with Crippen LogP contribution in [0.15, 0.2) is 71.3 Å². The van der Waals surface area contributed by atoms with Crippen LogP contribution < -0.4 is 5.32 Å². The Balaban J connectivity index is 1.78. The highest BCUT2D eigenvalue weighted by Gasteiger charge is 2.08. The Labute approximate surface area is 123 Å². The van der Waals surface area contributed by atoms with Crippen LogP contribution in [-0.2, 0) is 0 Å². The van der Waals surface area contributed by atoms with Crippen molar-refractivity contribution >= 4 is 11.6 Å². The zero-order valence-corrected chi connectivity index (χ0v) is 11.7. The van der Waals surface area contributed by atoms with E-state index in [1.165, 1.54) is 0 Å². The Hall–Kier alpha value is -2.81. The minimum atomic E-state index is -0.115. The van der Waals surface area contributed by atoms with Gasteiger partial charge in [-0.3, -0.25) is 4.79 Å². The average molecular weight is 277 g/mol. The summed E-state index contributed by atoms with van der Waals surface area (Å²) in [5.74, 6) is 0.677. The molecule has 1 amide bonds. The minimum Gasteiger partial charge on any atom is -0.464 e. The van der Waals surface area contributed by atoms with Crippen molar-refractivity contribution in [3.05, 3.63) is 78.1 Å². The molecule has 0 bridgehead atoms.